The fourth-order valence-electron chi connectivity index (χ4n) is 1.64. The van der Waals surface area contributed by atoms with Crippen LogP contribution in [0.25, 0.3) is 9.88 Å². The van der Waals surface area contributed by atoms with E-state index in [2.05, 4.69) is 10.1 Å². The van der Waals surface area contributed by atoms with Gasteiger partial charge >= 0.3 is 5.97 Å². The fraction of sp³-hybridized carbons (Fsp3) is 0.154. The average Bonchev–Trinajstić information content (AvgIpc) is 3.16. The molecule has 3 aromatic heterocycles. The minimum Gasteiger partial charge on any atom is -0.455 e. The van der Waals surface area contributed by atoms with Crippen molar-refractivity contribution in [1.82, 2.24) is 14.8 Å². The first-order valence-corrected chi connectivity index (χ1v) is 7.62. The second-order valence-corrected chi connectivity index (χ2v) is 5.91. The Morgan fingerprint density at radius 2 is 2.35 bits per heavy atom. The molecule has 0 spiro atoms. The molecule has 0 bridgehead atoms. The van der Waals surface area contributed by atoms with Crippen LogP contribution in [0, 0.1) is 0 Å². The number of rotatable bonds is 4. The van der Waals surface area contributed by atoms with Crippen LogP contribution in [0.15, 0.2) is 35.3 Å². The highest BCUT2D eigenvalue weighted by molar-refractivity contribution is 7.20. The molecule has 0 aliphatic carbocycles. The number of esters is 1. The zero-order valence-electron chi connectivity index (χ0n) is 10.6. The number of carbonyl (C=O) groups is 1. The van der Waals surface area contributed by atoms with Gasteiger partial charge in [0.1, 0.15) is 11.6 Å². The number of aryl methyl sites for hydroxylation is 1. The number of ether oxygens (including phenoxy) is 1. The van der Waals surface area contributed by atoms with Crippen molar-refractivity contribution in [1.29, 1.82) is 0 Å². The van der Waals surface area contributed by atoms with Crippen LogP contribution in [0.5, 0.6) is 0 Å². The highest BCUT2D eigenvalue weighted by Crippen LogP contribution is 2.27. The quantitative estimate of drug-likeness (QED) is 0.695. The molecule has 0 aromatic carbocycles. The summed E-state index contributed by atoms with van der Waals surface area (Å²) < 4.78 is 6.78. The Bertz CT molecular complexity index is 716. The Labute approximate surface area is 123 Å². The van der Waals surface area contributed by atoms with Gasteiger partial charge in [-0.1, -0.05) is 6.07 Å². The lowest BCUT2D eigenvalue weighted by atomic mass is 10.4. The maximum Gasteiger partial charge on any atom is 0.341 e. The van der Waals surface area contributed by atoms with Crippen molar-refractivity contribution in [3.63, 3.8) is 0 Å². The zero-order chi connectivity index (χ0) is 13.9. The molecule has 0 radical (unpaired) electrons. The summed E-state index contributed by atoms with van der Waals surface area (Å²) in [6, 6.07) is 4.01. The van der Waals surface area contributed by atoms with Crippen LogP contribution in [-0.2, 0) is 18.4 Å². The molecule has 5 nitrogen and oxygen atoms in total. The number of hydrogen-bond donors (Lipinski definition) is 0. The van der Waals surface area contributed by atoms with Crippen LogP contribution in [0.3, 0.4) is 0 Å². The molecule has 0 fully saturated rings. The molecular weight excluding hydrogens is 294 g/mol. The summed E-state index contributed by atoms with van der Waals surface area (Å²) in [4.78, 5) is 17.3. The number of nitrogens with zero attached hydrogens (tertiary/aromatic N) is 3. The minimum absolute atomic E-state index is 0.176. The van der Waals surface area contributed by atoms with E-state index in [0.717, 1.165) is 15.6 Å². The summed E-state index contributed by atoms with van der Waals surface area (Å²) in [7, 11) is 1.75. The van der Waals surface area contributed by atoms with Gasteiger partial charge in [-0.15, -0.1) is 22.7 Å². The third-order valence-electron chi connectivity index (χ3n) is 2.58. The monoisotopic (exact) mass is 305 g/mol. The Balaban J connectivity index is 1.63. The molecular formula is C13H11N3O2S2. The van der Waals surface area contributed by atoms with Crippen LogP contribution >= 0.6 is 22.7 Å². The van der Waals surface area contributed by atoms with Crippen molar-refractivity contribution < 1.29 is 9.53 Å². The number of thiazole rings is 1. The molecule has 102 valence electrons. The normalized spacial score (nSPS) is 10.7. The molecule has 20 heavy (non-hydrogen) atoms. The van der Waals surface area contributed by atoms with Gasteiger partial charge in [0.05, 0.1) is 22.3 Å². The van der Waals surface area contributed by atoms with Crippen LogP contribution in [0.4, 0.5) is 0 Å². The Morgan fingerprint density at radius 3 is 3.05 bits per heavy atom. The number of hydrogen-bond acceptors (Lipinski definition) is 6. The van der Waals surface area contributed by atoms with Crippen molar-refractivity contribution in [3.05, 3.63) is 46.5 Å². The van der Waals surface area contributed by atoms with Crippen molar-refractivity contribution >= 4 is 28.6 Å². The minimum atomic E-state index is -0.385. The smallest absolute Gasteiger partial charge is 0.341 e. The summed E-state index contributed by atoms with van der Waals surface area (Å²) in [6.45, 7) is 0.176. The summed E-state index contributed by atoms with van der Waals surface area (Å²) in [5.41, 5.74) is 1.21. The lowest BCUT2D eigenvalue weighted by Crippen LogP contribution is -2.04. The van der Waals surface area contributed by atoms with E-state index < -0.39 is 0 Å². The third kappa shape index (κ3) is 2.78. The van der Waals surface area contributed by atoms with E-state index in [-0.39, 0.29) is 12.6 Å². The molecule has 0 unspecified atom stereocenters. The van der Waals surface area contributed by atoms with Crippen molar-refractivity contribution in [2.24, 2.45) is 7.05 Å². The van der Waals surface area contributed by atoms with Crippen LogP contribution in [0.1, 0.15) is 16.1 Å². The summed E-state index contributed by atoms with van der Waals surface area (Å²) in [5.74, 6) is -0.385. The summed E-state index contributed by atoms with van der Waals surface area (Å²) >= 11 is 3.19. The maximum atomic E-state index is 11.8. The van der Waals surface area contributed by atoms with Crippen LogP contribution < -0.4 is 0 Å². The molecule has 3 heterocycles. The van der Waals surface area contributed by atoms with Gasteiger partial charge in [-0.2, -0.15) is 5.10 Å². The zero-order valence-corrected chi connectivity index (χ0v) is 12.3. The molecule has 0 amide bonds. The number of carbonyl (C=O) groups excluding carboxylic acids is 1. The lowest BCUT2D eigenvalue weighted by molar-refractivity contribution is 0.0468. The van der Waals surface area contributed by atoms with E-state index in [1.807, 2.05) is 22.9 Å². The van der Waals surface area contributed by atoms with Gasteiger partial charge < -0.3 is 4.74 Å². The molecule has 0 saturated heterocycles. The molecule has 0 aliphatic rings. The van der Waals surface area contributed by atoms with E-state index in [0.29, 0.717) is 5.56 Å². The second-order valence-electron chi connectivity index (χ2n) is 4.10. The number of thiophene rings is 1. The Hall–Kier alpha value is -1.99. The van der Waals surface area contributed by atoms with Crippen molar-refractivity contribution in [2.75, 3.05) is 0 Å². The van der Waals surface area contributed by atoms with Gasteiger partial charge in [0, 0.05) is 18.6 Å². The largest absolute Gasteiger partial charge is 0.455 e. The average molecular weight is 305 g/mol. The molecule has 3 aromatic rings. The Kier molecular flexibility index (Phi) is 3.62. The molecule has 0 N–H and O–H groups in total. The van der Waals surface area contributed by atoms with Crippen LogP contribution in [0.2, 0.25) is 0 Å². The second kappa shape index (κ2) is 5.56. The molecule has 0 atom stereocenters. The van der Waals surface area contributed by atoms with E-state index in [1.165, 1.54) is 6.20 Å². The lowest BCUT2D eigenvalue weighted by Gasteiger charge is -1.99. The molecule has 3 rings (SSSR count). The first kappa shape index (κ1) is 13.0. The summed E-state index contributed by atoms with van der Waals surface area (Å²) in [6.07, 6.45) is 3.11. The standard InChI is InChI=1S/C13H11N3O2S2/c1-16-6-9(5-14-16)13(17)18-7-10-8-20-12(15-10)11-3-2-4-19-11/h2-6,8H,7H2,1H3. The third-order valence-corrected chi connectivity index (χ3v) is 4.51. The van der Waals surface area contributed by atoms with E-state index in [1.54, 1.807) is 40.6 Å². The Morgan fingerprint density at radius 1 is 1.45 bits per heavy atom. The van der Waals surface area contributed by atoms with E-state index in [4.69, 9.17) is 4.74 Å². The topological polar surface area (TPSA) is 57.0 Å². The fourth-order valence-corrected chi connectivity index (χ4v) is 3.25. The highest BCUT2D eigenvalue weighted by atomic mass is 32.1. The highest BCUT2D eigenvalue weighted by Gasteiger charge is 2.11. The van der Waals surface area contributed by atoms with Gasteiger partial charge in [-0.3, -0.25) is 4.68 Å². The van der Waals surface area contributed by atoms with Crippen molar-refractivity contribution in [2.45, 2.75) is 6.61 Å². The maximum absolute atomic E-state index is 11.8. The van der Waals surface area contributed by atoms with E-state index >= 15 is 0 Å². The van der Waals surface area contributed by atoms with Gasteiger partial charge in [-0.25, -0.2) is 9.78 Å². The molecule has 0 aliphatic heterocycles. The first-order valence-electron chi connectivity index (χ1n) is 5.86. The molecule has 7 heteroatoms. The van der Waals surface area contributed by atoms with Gasteiger partial charge in [-0.05, 0) is 11.4 Å². The van der Waals surface area contributed by atoms with Crippen LogP contribution in [-0.4, -0.2) is 20.7 Å². The van der Waals surface area contributed by atoms with Gasteiger partial charge in [0.2, 0.25) is 0 Å². The SMILES string of the molecule is Cn1cc(C(=O)OCc2csc(-c3cccs3)n2)cn1. The summed E-state index contributed by atoms with van der Waals surface area (Å²) in [5, 5.41) is 8.81. The predicted octanol–water partition coefficient (Wildman–Crippen LogP) is 2.96. The van der Waals surface area contributed by atoms with Gasteiger partial charge in [0.25, 0.3) is 0 Å². The first-order chi connectivity index (χ1) is 9.72. The number of aromatic nitrogens is 3. The molecule has 0 saturated carbocycles. The predicted molar refractivity (Wildman–Crippen MR) is 77.8 cm³/mol. The van der Waals surface area contributed by atoms with Crippen molar-refractivity contribution in [3.8, 4) is 9.88 Å². The van der Waals surface area contributed by atoms with Gasteiger partial charge in [0.15, 0.2) is 0 Å². The van der Waals surface area contributed by atoms with E-state index in [9.17, 15) is 4.79 Å².